The predicted octanol–water partition coefficient (Wildman–Crippen LogP) is 4.32. The number of benzene rings is 1. The summed E-state index contributed by atoms with van der Waals surface area (Å²) in [6.07, 6.45) is 2.45. The van der Waals surface area contributed by atoms with Crippen LogP contribution < -0.4 is 4.74 Å². The van der Waals surface area contributed by atoms with Gasteiger partial charge < -0.3 is 9.30 Å². The number of ether oxygens (including phenoxy) is 1. The molecule has 3 heteroatoms. The predicted molar refractivity (Wildman–Crippen MR) is 87.9 cm³/mol. The van der Waals surface area contributed by atoms with Crippen molar-refractivity contribution in [3.8, 4) is 5.75 Å². The van der Waals surface area contributed by atoms with E-state index in [1.165, 1.54) is 24.1 Å². The monoisotopic (exact) mass is 297 g/mol. The SMILES string of the molecule is Cc1ccc(OCC(=O)c2cc(C)n(C3CC3)c2C)c(C)c1. The Bertz CT molecular complexity index is 723. The van der Waals surface area contributed by atoms with Gasteiger partial charge in [0.1, 0.15) is 5.75 Å². The van der Waals surface area contributed by atoms with Gasteiger partial charge in [-0.15, -0.1) is 0 Å². The maximum Gasteiger partial charge on any atom is 0.202 e. The third-order valence-corrected chi connectivity index (χ3v) is 4.39. The number of Topliss-reactive ketones (excluding diaryl/α,β-unsaturated/α-hetero) is 1. The Balaban J connectivity index is 1.73. The van der Waals surface area contributed by atoms with E-state index in [2.05, 4.69) is 24.5 Å². The number of carbonyl (C=O) groups is 1. The molecule has 3 nitrogen and oxygen atoms in total. The topological polar surface area (TPSA) is 31.2 Å². The van der Waals surface area contributed by atoms with Gasteiger partial charge in [0.2, 0.25) is 5.78 Å². The lowest BCUT2D eigenvalue weighted by Crippen LogP contribution is -2.13. The highest BCUT2D eigenvalue weighted by Crippen LogP contribution is 2.38. The van der Waals surface area contributed by atoms with Gasteiger partial charge in [0.15, 0.2) is 6.61 Å². The second kappa shape index (κ2) is 5.64. The first kappa shape index (κ1) is 14.9. The Hall–Kier alpha value is -2.03. The molecule has 2 aromatic rings. The summed E-state index contributed by atoms with van der Waals surface area (Å²) in [6, 6.07) is 8.61. The summed E-state index contributed by atoms with van der Waals surface area (Å²) in [5.41, 5.74) is 5.32. The van der Waals surface area contributed by atoms with Gasteiger partial charge in [-0.25, -0.2) is 0 Å². The first-order valence-corrected chi connectivity index (χ1v) is 7.89. The van der Waals surface area contributed by atoms with Crippen molar-refractivity contribution in [2.24, 2.45) is 0 Å². The van der Waals surface area contributed by atoms with Gasteiger partial charge in [-0.3, -0.25) is 4.79 Å². The molecule has 1 aliphatic rings. The molecule has 0 unspecified atom stereocenters. The van der Waals surface area contributed by atoms with E-state index in [0.29, 0.717) is 6.04 Å². The normalized spacial score (nSPS) is 14.2. The summed E-state index contributed by atoms with van der Waals surface area (Å²) < 4.78 is 8.03. The van der Waals surface area contributed by atoms with Crippen LogP contribution in [0.5, 0.6) is 5.75 Å². The molecule has 0 spiro atoms. The third kappa shape index (κ3) is 2.80. The molecule has 0 aliphatic heterocycles. The summed E-state index contributed by atoms with van der Waals surface area (Å²) in [5.74, 6) is 0.843. The molecule has 0 saturated heterocycles. The van der Waals surface area contributed by atoms with E-state index in [1.807, 2.05) is 32.0 Å². The summed E-state index contributed by atoms with van der Waals surface area (Å²) in [5, 5.41) is 0. The molecule has 1 heterocycles. The van der Waals surface area contributed by atoms with Crippen molar-refractivity contribution in [2.75, 3.05) is 6.61 Å². The lowest BCUT2D eigenvalue weighted by molar-refractivity contribution is 0.0920. The zero-order chi connectivity index (χ0) is 15.9. The van der Waals surface area contributed by atoms with Gasteiger partial charge in [0.25, 0.3) is 0 Å². The molecule has 1 fully saturated rings. The average molecular weight is 297 g/mol. The lowest BCUT2D eigenvalue weighted by atomic mass is 10.1. The third-order valence-electron chi connectivity index (χ3n) is 4.39. The number of carbonyl (C=O) groups excluding carboxylic acids is 1. The highest BCUT2D eigenvalue weighted by Gasteiger charge is 2.28. The van der Waals surface area contributed by atoms with Crippen LogP contribution in [0.15, 0.2) is 24.3 Å². The standard InChI is InChI=1S/C19H23NO2/c1-12-5-8-19(13(2)9-12)22-11-18(21)17-10-14(3)20(15(17)4)16-6-7-16/h5,8-10,16H,6-7,11H2,1-4H3. The first-order valence-electron chi connectivity index (χ1n) is 7.89. The molecular formula is C19H23NO2. The van der Waals surface area contributed by atoms with Crippen molar-refractivity contribution >= 4 is 5.78 Å². The number of hydrogen-bond acceptors (Lipinski definition) is 2. The fourth-order valence-corrected chi connectivity index (χ4v) is 3.14. The van der Waals surface area contributed by atoms with Crippen molar-refractivity contribution in [1.82, 2.24) is 4.57 Å². The quantitative estimate of drug-likeness (QED) is 0.770. The van der Waals surface area contributed by atoms with E-state index in [1.54, 1.807) is 0 Å². The molecule has 0 amide bonds. The maximum absolute atomic E-state index is 12.5. The highest BCUT2D eigenvalue weighted by molar-refractivity contribution is 5.98. The molecule has 1 aromatic heterocycles. The Morgan fingerprint density at radius 3 is 2.55 bits per heavy atom. The average Bonchev–Trinajstić information content (AvgIpc) is 3.24. The lowest BCUT2D eigenvalue weighted by Gasteiger charge is -2.10. The second-order valence-electron chi connectivity index (χ2n) is 6.37. The van der Waals surface area contributed by atoms with E-state index < -0.39 is 0 Å². The second-order valence-corrected chi connectivity index (χ2v) is 6.37. The number of rotatable bonds is 5. The Morgan fingerprint density at radius 1 is 1.18 bits per heavy atom. The van der Waals surface area contributed by atoms with Crippen LogP contribution in [0.4, 0.5) is 0 Å². The van der Waals surface area contributed by atoms with Crippen LogP contribution in [0, 0.1) is 27.7 Å². The van der Waals surface area contributed by atoms with Gasteiger partial charge in [-0.05, 0) is 58.2 Å². The fraction of sp³-hybridized carbons (Fsp3) is 0.421. The molecule has 1 aliphatic carbocycles. The summed E-state index contributed by atoms with van der Waals surface area (Å²) in [6.45, 7) is 8.27. The van der Waals surface area contributed by atoms with E-state index in [-0.39, 0.29) is 12.4 Å². The number of nitrogens with zero attached hydrogens (tertiary/aromatic N) is 1. The maximum atomic E-state index is 12.5. The molecular weight excluding hydrogens is 274 g/mol. The Kier molecular flexibility index (Phi) is 3.81. The van der Waals surface area contributed by atoms with Crippen molar-refractivity contribution in [3.63, 3.8) is 0 Å². The fourth-order valence-electron chi connectivity index (χ4n) is 3.14. The van der Waals surface area contributed by atoms with Crippen LogP contribution in [-0.2, 0) is 0 Å². The van der Waals surface area contributed by atoms with Crippen molar-refractivity contribution in [3.05, 3.63) is 52.3 Å². The van der Waals surface area contributed by atoms with Gasteiger partial charge >= 0.3 is 0 Å². The van der Waals surface area contributed by atoms with Gasteiger partial charge in [0.05, 0.1) is 0 Å². The van der Waals surface area contributed by atoms with Crippen molar-refractivity contribution < 1.29 is 9.53 Å². The Morgan fingerprint density at radius 2 is 1.91 bits per heavy atom. The first-order chi connectivity index (χ1) is 10.5. The van der Waals surface area contributed by atoms with E-state index in [4.69, 9.17) is 4.74 Å². The van der Waals surface area contributed by atoms with Gasteiger partial charge in [-0.2, -0.15) is 0 Å². The molecule has 22 heavy (non-hydrogen) atoms. The van der Waals surface area contributed by atoms with Crippen LogP contribution in [0.25, 0.3) is 0 Å². The van der Waals surface area contributed by atoms with Crippen LogP contribution in [0.2, 0.25) is 0 Å². The highest BCUT2D eigenvalue weighted by atomic mass is 16.5. The van der Waals surface area contributed by atoms with Crippen LogP contribution >= 0.6 is 0 Å². The van der Waals surface area contributed by atoms with Gasteiger partial charge in [0, 0.05) is 23.0 Å². The molecule has 0 bridgehead atoms. The van der Waals surface area contributed by atoms with Gasteiger partial charge in [-0.1, -0.05) is 17.7 Å². The largest absolute Gasteiger partial charge is 0.485 e. The zero-order valence-corrected chi connectivity index (χ0v) is 13.8. The molecule has 1 saturated carbocycles. The van der Waals surface area contributed by atoms with E-state index in [9.17, 15) is 4.79 Å². The number of hydrogen-bond donors (Lipinski definition) is 0. The van der Waals surface area contributed by atoms with Crippen LogP contribution in [-0.4, -0.2) is 17.0 Å². The molecule has 3 rings (SSSR count). The number of aryl methyl sites for hydroxylation is 3. The van der Waals surface area contributed by atoms with E-state index >= 15 is 0 Å². The number of ketones is 1. The molecule has 0 N–H and O–H groups in total. The van der Waals surface area contributed by atoms with Crippen LogP contribution in [0.3, 0.4) is 0 Å². The molecule has 116 valence electrons. The minimum absolute atomic E-state index is 0.0555. The smallest absolute Gasteiger partial charge is 0.202 e. The Labute approximate surface area is 131 Å². The zero-order valence-electron chi connectivity index (χ0n) is 13.8. The van der Waals surface area contributed by atoms with Crippen molar-refractivity contribution in [1.29, 1.82) is 0 Å². The summed E-state index contributed by atoms with van der Waals surface area (Å²) in [7, 11) is 0. The van der Waals surface area contributed by atoms with Crippen LogP contribution in [0.1, 0.15) is 51.8 Å². The summed E-state index contributed by atoms with van der Waals surface area (Å²) in [4.78, 5) is 12.5. The van der Waals surface area contributed by atoms with E-state index in [0.717, 1.165) is 22.6 Å². The molecule has 1 aromatic carbocycles. The molecule has 0 atom stereocenters. The number of aromatic nitrogens is 1. The molecule has 0 radical (unpaired) electrons. The minimum Gasteiger partial charge on any atom is -0.485 e. The van der Waals surface area contributed by atoms with Crippen molar-refractivity contribution in [2.45, 2.75) is 46.6 Å². The summed E-state index contributed by atoms with van der Waals surface area (Å²) >= 11 is 0. The minimum atomic E-state index is 0.0555.